The van der Waals surface area contributed by atoms with Crippen LogP contribution in [-0.4, -0.2) is 21.9 Å². The van der Waals surface area contributed by atoms with E-state index in [0.29, 0.717) is 10.9 Å². The van der Waals surface area contributed by atoms with Crippen molar-refractivity contribution in [3.63, 3.8) is 0 Å². The molecule has 3 N–H and O–H groups in total. The molecule has 3 rings (SSSR count). The molecule has 0 fully saturated rings. The van der Waals surface area contributed by atoms with E-state index in [4.69, 9.17) is 0 Å². The molecule has 7 nitrogen and oxygen atoms in total. The van der Waals surface area contributed by atoms with E-state index >= 15 is 0 Å². The average molecular weight is 443 g/mol. The fourth-order valence-corrected chi connectivity index (χ4v) is 3.14. The van der Waals surface area contributed by atoms with Crippen LogP contribution in [0.3, 0.4) is 0 Å². The molecule has 2 amide bonds. The molecular weight excluding hydrogens is 424 g/mol. The van der Waals surface area contributed by atoms with Crippen LogP contribution < -0.4 is 5.32 Å². The first kappa shape index (κ1) is 19.8. The van der Waals surface area contributed by atoms with Crippen LogP contribution in [0.2, 0.25) is 0 Å². The highest BCUT2D eigenvalue weighted by molar-refractivity contribution is 9.10. The van der Waals surface area contributed by atoms with Crippen molar-refractivity contribution in [2.45, 2.75) is 26.7 Å². The Morgan fingerprint density at radius 3 is 2.68 bits per heavy atom. The Kier molecular flexibility index (Phi) is 5.89. The van der Waals surface area contributed by atoms with Gasteiger partial charge in [-0.1, -0.05) is 33.6 Å². The Morgan fingerprint density at radius 2 is 1.93 bits per heavy atom. The summed E-state index contributed by atoms with van der Waals surface area (Å²) in [6.07, 6.45) is -0.0797. The topological polar surface area (TPSA) is 107 Å². The van der Waals surface area contributed by atoms with Crippen LogP contribution in [0.1, 0.15) is 24.0 Å². The van der Waals surface area contributed by atoms with Gasteiger partial charge in [0.15, 0.2) is 5.69 Å². The van der Waals surface area contributed by atoms with Gasteiger partial charge in [-0.3, -0.25) is 9.59 Å². The van der Waals surface area contributed by atoms with Gasteiger partial charge in [-0.15, -0.1) is 10.2 Å². The number of aromatic amines is 1. The third-order valence-electron chi connectivity index (χ3n) is 4.20. The molecule has 28 heavy (non-hydrogen) atoms. The predicted molar refractivity (Wildman–Crippen MR) is 111 cm³/mol. The van der Waals surface area contributed by atoms with E-state index in [1.807, 2.05) is 38.1 Å². The first-order chi connectivity index (χ1) is 13.3. The summed E-state index contributed by atoms with van der Waals surface area (Å²) >= 11 is 3.35. The van der Waals surface area contributed by atoms with Crippen molar-refractivity contribution in [2.24, 2.45) is 10.2 Å². The number of azo groups is 1. The van der Waals surface area contributed by atoms with Gasteiger partial charge < -0.3 is 15.4 Å². The number of anilines is 1. The normalized spacial score (nSPS) is 11.2. The summed E-state index contributed by atoms with van der Waals surface area (Å²) in [6, 6.07) is 11.1. The minimum atomic E-state index is -0.542. The number of rotatable bonds is 5. The van der Waals surface area contributed by atoms with Gasteiger partial charge in [-0.2, -0.15) is 0 Å². The lowest BCUT2D eigenvalue weighted by atomic mass is 10.1. The van der Waals surface area contributed by atoms with E-state index < -0.39 is 5.91 Å². The third kappa shape index (κ3) is 4.64. The number of carbonyl (C=O) groups excluding carboxylic acids is 2. The summed E-state index contributed by atoms with van der Waals surface area (Å²) in [7, 11) is 0. The number of hydrogen-bond acceptors (Lipinski definition) is 4. The van der Waals surface area contributed by atoms with Gasteiger partial charge in [0.05, 0.1) is 5.52 Å². The first-order valence-corrected chi connectivity index (χ1v) is 9.44. The predicted octanol–water partition coefficient (Wildman–Crippen LogP) is 5.28. The lowest BCUT2D eigenvalue weighted by Crippen LogP contribution is -2.13. The number of nitrogens with one attached hydrogen (secondary N) is 2. The van der Waals surface area contributed by atoms with Gasteiger partial charge in [0.25, 0.3) is 5.91 Å². The number of H-pyrrole nitrogens is 1. The fraction of sp³-hybridized carbons (Fsp3) is 0.200. The molecule has 0 spiro atoms. The van der Waals surface area contributed by atoms with Crippen LogP contribution in [0.25, 0.3) is 10.9 Å². The number of fused-ring (bicyclic) bond motifs is 1. The van der Waals surface area contributed by atoms with Crippen LogP contribution in [0, 0.1) is 13.8 Å². The standard InChI is InChI=1S/C20H19BrN4O3/c1-11-3-5-15(12(2)9-11)22-17(26)7-8-18(27)24-25-19-14-10-13(21)4-6-16(14)23-20(19)28/h3-6,9-10,23,28H,7-8H2,1-2H3,(H,22,26). The van der Waals surface area contributed by atoms with Gasteiger partial charge in [0.1, 0.15) is 0 Å². The molecule has 0 atom stereocenters. The minimum absolute atomic E-state index is 0.00339. The molecule has 0 aliphatic rings. The molecule has 1 heterocycles. The summed E-state index contributed by atoms with van der Waals surface area (Å²) < 4.78 is 0.810. The number of benzene rings is 2. The summed E-state index contributed by atoms with van der Waals surface area (Å²) in [4.78, 5) is 26.8. The number of aryl methyl sites for hydroxylation is 2. The van der Waals surface area contributed by atoms with E-state index in [0.717, 1.165) is 21.3 Å². The molecule has 0 aliphatic carbocycles. The molecule has 0 radical (unpaired) electrons. The maximum atomic E-state index is 12.1. The van der Waals surface area contributed by atoms with E-state index in [9.17, 15) is 14.7 Å². The maximum absolute atomic E-state index is 12.1. The molecule has 0 saturated carbocycles. The molecule has 0 bridgehead atoms. The number of amides is 2. The number of aromatic hydroxyl groups is 1. The Labute approximate surface area is 170 Å². The van der Waals surface area contributed by atoms with Crippen LogP contribution in [-0.2, 0) is 9.59 Å². The van der Waals surface area contributed by atoms with Gasteiger partial charge in [0, 0.05) is 28.4 Å². The highest BCUT2D eigenvalue weighted by atomic mass is 79.9. The first-order valence-electron chi connectivity index (χ1n) is 8.65. The highest BCUT2D eigenvalue weighted by Crippen LogP contribution is 2.36. The third-order valence-corrected chi connectivity index (χ3v) is 4.69. The zero-order valence-electron chi connectivity index (χ0n) is 15.4. The van der Waals surface area contributed by atoms with Gasteiger partial charge in [0.2, 0.25) is 11.8 Å². The Bertz CT molecular complexity index is 1090. The summed E-state index contributed by atoms with van der Waals surface area (Å²) in [5, 5.41) is 20.9. The summed E-state index contributed by atoms with van der Waals surface area (Å²) in [5.74, 6) is -0.980. The number of halogens is 1. The second-order valence-corrected chi connectivity index (χ2v) is 7.39. The van der Waals surface area contributed by atoms with Crippen LogP contribution in [0.15, 0.2) is 51.1 Å². The quantitative estimate of drug-likeness (QED) is 0.467. The SMILES string of the molecule is Cc1ccc(NC(=O)CCC(=O)N=Nc2c(O)[nH]c3ccc(Br)cc23)c(C)c1. The van der Waals surface area contributed by atoms with Crippen molar-refractivity contribution in [1.29, 1.82) is 0 Å². The van der Waals surface area contributed by atoms with Gasteiger partial charge in [-0.05, 0) is 43.7 Å². The zero-order chi connectivity index (χ0) is 20.3. The van der Waals surface area contributed by atoms with E-state index in [-0.39, 0.29) is 30.3 Å². The van der Waals surface area contributed by atoms with Crippen molar-refractivity contribution < 1.29 is 14.7 Å². The maximum Gasteiger partial charge on any atom is 0.265 e. The van der Waals surface area contributed by atoms with E-state index in [1.54, 1.807) is 12.1 Å². The molecule has 144 valence electrons. The highest BCUT2D eigenvalue weighted by Gasteiger charge is 2.12. The van der Waals surface area contributed by atoms with Crippen LogP contribution in [0.4, 0.5) is 11.4 Å². The van der Waals surface area contributed by atoms with Crippen LogP contribution >= 0.6 is 15.9 Å². The Morgan fingerprint density at radius 1 is 1.14 bits per heavy atom. The second kappa shape index (κ2) is 8.35. The number of nitrogens with zero attached hydrogens (tertiary/aromatic N) is 2. The second-order valence-electron chi connectivity index (χ2n) is 6.47. The van der Waals surface area contributed by atoms with Crippen molar-refractivity contribution >= 4 is 50.0 Å². The smallest absolute Gasteiger partial charge is 0.265 e. The Balaban J connectivity index is 1.60. The molecule has 1 aromatic heterocycles. The summed E-state index contributed by atoms with van der Waals surface area (Å²) in [5.41, 5.74) is 3.65. The fourth-order valence-electron chi connectivity index (χ4n) is 2.78. The molecule has 2 aromatic carbocycles. The van der Waals surface area contributed by atoms with Gasteiger partial charge in [-0.25, -0.2) is 0 Å². The number of carbonyl (C=O) groups is 2. The minimum Gasteiger partial charge on any atom is -0.493 e. The zero-order valence-corrected chi connectivity index (χ0v) is 17.0. The molecule has 0 unspecified atom stereocenters. The molecule has 0 saturated heterocycles. The molecule has 0 aliphatic heterocycles. The van der Waals surface area contributed by atoms with Crippen molar-refractivity contribution in [3.05, 3.63) is 52.0 Å². The van der Waals surface area contributed by atoms with E-state index in [1.165, 1.54) is 0 Å². The number of hydrogen-bond donors (Lipinski definition) is 3. The van der Waals surface area contributed by atoms with Crippen molar-refractivity contribution in [3.8, 4) is 5.88 Å². The molecular formula is C20H19BrN4O3. The van der Waals surface area contributed by atoms with Crippen LogP contribution in [0.5, 0.6) is 5.88 Å². The molecule has 3 aromatic rings. The van der Waals surface area contributed by atoms with Crippen molar-refractivity contribution in [1.82, 2.24) is 4.98 Å². The average Bonchev–Trinajstić information content (AvgIpc) is 2.95. The van der Waals surface area contributed by atoms with Gasteiger partial charge >= 0.3 is 0 Å². The monoisotopic (exact) mass is 442 g/mol. The Hall–Kier alpha value is -3.00. The lowest BCUT2D eigenvalue weighted by Gasteiger charge is -2.08. The van der Waals surface area contributed by atoms with Crippen molar-refractivity contribution in [2.75, 3.05) is 5.32 Å². The largest absolute Gasteiger partial charge is 0.493 e. The lowest BCUT2D eigenvalue weighted by molar-refractivity contribution is -0.122. The summed E-state index contributed by atoms with van der Waals surface area (Å²) in [6.45, 7) is 3.89. The molecule has 8 heteroatoms. The number of aromatic nitrogens is 1. The van der Waals surface area contributed by atoms with E-state index in [2.05, 4.69) is 36.5 Å².